The molecule has 0 aliphatic rings. The molecule has 2 heteroatoms. The number of aromatic hydroxyl groups is 1. The van der Waals surface area contributed by atoms with Crippen molar-refractivity contribution < 1.29 is 5.11 Å². The van der Waals surface area contributed by atoms with Crippen LogP contribution in [0.4, 0.5) is 0 Å². The van der Waals surface area contributed by atoms with Gasteiger partial charge in [-0.25, -0.2) is 0 Å². The molecule has 0 aromatic heterocycles. The molecule has 1 N–H and O–H groups in total. The molecule has 17 heavy (non-hydrogen) atoms. The van der Waals surface area contributed by atoms with Crippen molar-refractivity contribution in [1.29, 1.82) is 0 Å². The van der Waals surface area contributed by atoms with E-state index in [-0.39, 0.29) is 0 Å². The third-order valence-corrected chi connectivity index (χ3v) is 11.3. The van der Waals surface area contributed by atoms with Crippen LogP contribution in [0, 0.1) is 0 Å². The third kappa shape index (κ3) is 2.42. The van der Waals surface area contributed by atoms with Crippen LogP contribution in [-0.2, 0) is 0 Å². The summed E-state index contributed by atoms with van der Waals surface area (Å²) >= 11 is 0. The Morgan fingerprint density at radius 3 is 1.41 bits per heavy atom. The fourth-order valence-electron chi connectivity index (χ4n) is 3.75. The van der Waals surface area contributed by atoms with Crippen molar-refractivity contribution in [3.05, 3.63) is 24.3 Å². The molecule has 1 aromatic rings. The lowest BCUT2D eigenvalue weighted by Crippen LogP contribution is -2.55. The zero-order valence-corrected chi connectivity index (χ0v) is 13.0. The van der Waals surface area contributed by atoms with Crippen LogP contribution in [0.5, 0.6) is 5.75 Å². The van der Waals surface area contributed by atoms with Gasteiger partial charge in [0.05, 0.1) is 8.07 Å². The number of benzene rings is 1. The van der Waals surface area contributed by atoms with Gasteiger partial charge in [-0.05, 0) is 28.8 Å². The predicted octanol–water partition coefficient (Wildman–Crippen LogP) is 4.28. The molecule has 0 heterocycles. The molecule has 0 bridgehead atoms. The first kappa shape index (κ1) is 14.3. The zero-order chi connectivity index (χ0) is 13.2. The van der Waals surface area contributed by atoms with E-state index in [4.69, 9.17) is 0 Å². The van der Waals surface area contributed by atoms with E-state index in [1.165, 1.54) is 5.19 Å². The normalized spacial score (nSPS) is 12.8. The van der Waals surface area contributed by atoms with Crippen molar-refractivity contribution in [3.63, 3.8) is 0 Å². The Morgan fingerprint density at radius 1 is 0.765 bits per heavy atom. The van der Waals surface area contributed by atoms with Crippen LogP contribution >= 0.6 is 0 Å². The monoisotopic (exact) mass is 250 g/mol. The third-order valence-electron chi connectivity index (χ3n) is 4.23. The van der Waals surface area contributed by atoms with E-state index in [0.29, 0.717) is 22.4 Å². The van der Waals surface area contributed by atoms with Gasteiger partial charge in [-0.1, -0.05) is 58.9 Å². The Bertz CT molecular complexity index is 330. The van der Waals surface area contributed by atoms with Crippen molar-refractivity contribution in [3.8, 4) is 5.75 Å². The maximum absolute atomic E-state index is 9.45. The van der Waals surface area contributed by atoms with Crippen molar-refractivity contribution >= 4 is 13.3 Å². The molecule has 0 unspecified atom stereocenters. The molecule has 1 rings (SSSR count). The molecular weight excluding hydrogens is 224 g/mol. The smallest absolute Gasteiger partial charge is 0.115 e. The minimum absolute atomic E-state index is 0.368. The van der Waals surface area contributed by atoms with E-state index < -0.39 is 8.07 Å². The summed E-state index contributed by atoms with van der Waals surface area (Å²) in [6.45, 7) is 14.2. The number of hydrogen-bond donors (Lipinski definition) is 1. The molecule has 1 aromatic carbocycles. The summed E-state index contributed by atoms with van der Waals surface area (Å²) in [7, 11) is -1.54. The summed E-state index contributed by atoms with van der Waals surface area (Å²) in [5, 5.41) is 10.9. The summed E-state index contributed by atoms with van der Waals surface area (Å²) in [6.07, 6.45) is 0. The second-order valence-corrected chi connectivity index (χ2v) is 11.9. The van der Waals surface area contributed by atoms with Gasteiger partial charge in [-0.3, -0.25) is 0 Å². The summed E-state index contributed by atoms with van der Waals surface area (Å²) in [5.74, 6) is 0.368. The topological polar surface area (TPSA) is 20.2 Å². The highest BCUT2D eigenvalue weighted by molar-refractivity contribution is 6.95. The molecule has 96 valence electrons. The van der Waals surface area contributed by atoms with Gasteiger partial charge in [-0.15, -0.1) is 0 Å². The second kappa shape index (κ2) is 5.26. The van der Waals surface area contributed by atoms with Gasteiger partial charge in [0.25, 0.3) is 0 Å². The van der Waals surface area contributed by atoms with Gasteiger partial charge in [0.1, 0.15) is 5.75 Å². The van der Waals surface area contributed by atoms with Crippen LogP contribution in [0.25, 0.3) is 0 Å². The van der Waals surface area contributed by atoms with Crippen molar-refractivity contribution in [2.24, 2.45) is 0 Å². The Hall–Kier alpha value is -0.763. The number of phenolic OH excluding ortho intramolecular Hbond substituents is 1. The van der Waals surface area contributed by atoms with E-state index >= 15 is 0 Å². The molecule has 0 saturated heterocycles. The standard InChI is InChI=1S/C15H26OSi/c1-11(2)17(12(3)4,13(5)6)15-9-7-14(16)8-10-15/h7-13,16H,1-6H3. The van der Waals surface area contributed by atoms with Crippen LogP contribution in [0.1, 0.15) is 41.5 Å². The maximum atomic E-state index is 9.45. The zero-order valence-electron chi connectivity index (χ0n) is 12.0. The first-order chi connectivity index (χ1) is 7.83. The number of phenols is 1. The maximum Gasteiger partial charge on any atom is 0.115 e. The van der Waals surface area contributed by atoms with Gasteiger partial charge in [-0.2, -0.15) is 0 Å². The van der Waals surface area contributed by atoms with Crippen LogP contribution in [0.2, 0.25) is 16.6 Å². The van der Waals surface area contributed by atoms with Crippen molar-refractivity contribution in [1.82, 2.24) is 0 Å². The van der Waals surface area contributed by atoms with Gasteiger partial charge in [0, 0.05) is 0 Å². The molecule has 0 fully saturated rings. The lowest BCUT2D eigenvalue weighted by Gasteiger charge is -2.43. The molecule has 0 aliphatic carbocycles. The lowest BCUT2D eigenvalue weighted by molar-refractivity contribution is 0.475. The Morgan fingerprint density at radius 2 is 1.12 bits per heavy atom. The fraction of sp³-hybridized carbons (Fsp3) is 0.600. The molecular formula is C15H26OSi. The van der Waals surface area contributed by atoms with Crippen LogP contribution in [0.15, 0.2) is 24.3 Å². The highest BCUT2D eigenvalue weighted by Crippen LogP contribution is 2.41. The highest BCUT2D eigenvalue weighted by Gasteiger charge is 2.44. The Kier molecular flexibility index (Phi) is 4.42. The molecule has 0 saturated carbocycles. The molecule has 0 atom stereocenters. The summed E-state index contributed by atoms with van der Waals surface area (Å²) in [5.41, 5.74) is 2.14. The summed E-state index contributed by atoms with van der Waals surface area (Å²) < 4.78 is 0. The van der Waals surface area contributed by atoms with E-state index in [0.717, 1.165) is 0 Å². The minimum Gasteiger partial charge on any atom is -0.508 e. The fourth-order valence-corrected chi connectivity index (χ4v) is 10.5. The molecule has 0 spiro atoms. The van der Waals surface area contributed by atoms with Crippen LogP contribution < -0.4 is 5.19 Å². The molecule has 1 nitrogen and oxygen atoms in total. The number of hydrogen-bond acceptors (Lipinski definition) is 1. The summed E-state index contributed by atoms with van der Waals surface area (Å²) in [6, 6.07) is 7.96. The van der Waals surface area contributed by atoms with Gasteiger partial charge >= 0.3 is 0 Å². The summed E-state index contributed by atoms with van der Waals surface area (Å²) in [4.78, 5) is 0. The van der Waals surface area contributed by atoms with E-state index in [1.807, 2.05) is 12.1 Å². The van der Waals surface area contributed by atoms with Gasteiger partial charge in [0.2, 0.25) is 0 Å². The molecule has 0 amide bonds. The number of rotatable bonds is 4. The Balaban J connectivity index is 3.36. The largest absolute Gasteiger partial charge is 0.508 e. The van der Waals surface area contributed by atoms with Crippen LogP contribution in [-0.4, -0.2) is 13.2 Å². The quantitative estimate of drug-likeness (QED) is 0.791. The predicted molar refractivity (Wildman–Crippen MR) is 78.8 cm³/mol. The van der Waals surface area contributed by atoms with E-state index in [2.05, 4.69) is 53.7 Å². The van der Waals surface area contributed by atoms with Crippen LogP contribution in [0.3, 0.4) is 0 Å². The van der Waals surface area contributed by atoms with E-state index in [1.54, 1.807) is 0 Å². The SMILES string of the molecule is CC(C)[Si](c1ccc(O)cc1)(C(C)C)C(C)C. The molecule has 0 aliphatic heterocycles. The lowest BCUT2D eigenvalue weighted by atomic mass is 10.3. The van der Waals surface area contributed by atoms with E-state index in [9.17, 15) is 5.11 Å². The average Bonchev–Trinajstić information content (AvgIpc) is 2.20. The average molecular weight is 250 g/mol. The molecule has 0 radical (unpaired) electrons. The first-order valence-corrected chi connectivity index (χ1v) is 8.86. The minimum atomic E-state index is -1.54. The van der Waals surface area contributed by atoms with Crippen molar-refractivity contribution in [2.45, 2.75) is 58.2 Å². The Labute approximate surface area is 107 Å². The highest BCUT2D eigenvalue weighted by atomic mass is 28.3. The first-order valence-electron chi connectivity index (χ1n) is 6.63. The van der Waals surface area contributed by atoms with Gasteiger partial charge in [0.15, 0.2) is 0 Å². The second-order valence-electron chi connectivity index (χ2n) is 5.94. The van der Waals surface area contributed by atoms with Gasteiger partial charge < -0.3 is 5.11 Å². The van der Waals surface area contributed by atoms with Crippen molar-refractivity contribution in [2.75, 3.05) is 0 Å².